The molecule has 0 amide bonds. The summed E-state index contributed by atoms with van der Waals surface area (Å²) in [5, 5.41) is 0. The molecule has 140 valence electrons. The van der Waals surface area contributed by atoms with Gasteiger partial charge in [0.1, 0.15) is 12.1 Å². The summed E-state index contributed by atoms with van der Waals surface area (Å²) in [6, 6.07) is 0. The summed E-state index contributed by atoms with van der Waals surface area (Å²) >= 11 is 0. The molecule has 0 bridgehead atoms. The number of imidazole rings is 1. The Morgan fingerprint density at radius 1 is 1.12 bits per heavy atom. The smallest absolute Gasteiger partial charge is 0.212 e. The van der Waals surface area contributed by atoms with Gasteiger partial charge in [-0.1, -0.05) is 0 Å². The first kappa shape index (κ1) is 17.4. The maximum absolute atomic E-state index is 12.5. The van der Waals surface area contributed by atoms with Gasteiger partial charge in [-0.15, -0.1) is 0 Å². The maximum Gasteiger partial charge on any atom is 0.212 e. The standard InChI is InChI=1S/C17H24N6O2S/c1-12-13(2)18-10-21-16(12)22-8-5-17(6-9-22)15-14(19-11-20-15)4-7-23(17)26(3,24)25/h10-11H,4-9H2,1-3H3,(H,19,20). The molecule has 2 aromatic rings. The highest BCUT2D eigenvalue weighted by molar-refractivity contribution is 7.88. The third-order valence-corrected chi connectivity index (χ3v) is 7.13. The second-order valence-corrected chi connectivity index (χ2v) is 9.15. The van der Waals surface area contributed by atoms with Crippen molar-refractivity contribution in [1.29, 1.82) is 0 Å². The van der Waals surface area contributed by atoms with Crippen molar-refractivity contribution in [2.45, 2.75) is 38.6 Å². The number of piperidine rings is 1. The molecule has 9 heteroatoms. The number of rotatable bonds is 2. The lowest BCUT2D eigenvalue weighted by molar-refractivity contribution is 0.128. The Kier molecular flexibility index (Phi) is 4.03. The Morgan fingerprint density at radius 3 is 2.54 bits per heavy atom. The fourth-order valence-electron chi connectivity index (χ4n) is 4.36. The number of H-pyrrole nitrogens is 1. The molecule has 8 nitrogen and oxygen atoms in total. The zero-order chi connectivity index (χ0) is 18.5. The van der Waals surface area contributed by atoms with Crippen molar-refractivity contribution in [2.75, 3.05) is 30.8 Å². The van der Waals surface area contributed by atoms with Gasteiger partial charge in [-0.3, -0.25) is 0 Å². The number of hydrogen-bond donors (Lipinski definition) is 1. The maximum atomic E-state index is 12.5. The summed E-state index contributed by atoms with van der Waals surface area (Å²) in [6.07, 6.45) is 6.65. The number of aryl methyl sites for hydroxylation is 1. The minimum atomic E-state index is -3.32. The van der Waals surface area contributed by atoms with E-state index in [0.717, 1.165) is 41.6 Å². The van der Waals surface area contributed by atoms with Crippen LogP contribution in [0.15, 0.2) is 12.7 Å². The summed E-state index contributed by atoms with van der Waals surface area (Å²) in [4.78, 5) is 18.7. The van der Waals surface area contributed by atoms with Crippen LogP contribution in [-0.2, 0) is 22.0 Å². The van der Waals surface area contributed by atoms with Crippen LogP contribution in [0, 0.1) is 13.8 Å². The van der Waals surface area contributed by atoms with Gasteiger partial charge in [0.2, 0.25) is 10.0 Å². The van der Waals surface area contributed by atoms with Gasteiger partial charge in [-0.25, -0.2) is 23.4 Å². The van der Waals surface area contributed by atoms with Gasteiger partial charge < -0.3 is 9.88 Å². The minimum absolute atomic E-state index is 0.500. The molecular formula is C17H24N6O2S. The summed E-state index contributed by atoms with van der Waals surface area (Å²) in [6.45, 7) is 5.98. The number of aromatic nitrogens is 4. The Balaban J connectivity index is 1.69. The van der Waals surface area contributed by atoms with E-state index >= 15 is 0 Å². The van der Waals surface area contributed by atoms with Crippen molar-refractivity contribution in [3.63, 3.8) is 0 Å². The predicted molar refractivity (Wildman–Crippen MR) is 98.5 cm³/mol. The lowest BCUT2D eigenvalue weighted by Crippen LogP contribution is -2.58. The number of anilines is 1. The van der Waals surface area contributed by atoms with E-state index in [9.17, 15) is 8.42 Å². The molecule has 0 aliphatic carbocycles. The van der Waals surface area contributed by atoms with Crippen molar-refractivity contribution >= 4 is 15.8 Å². The molecule has 26 heavy (non-hydrogen) atoms. The zero-order valence-electron chi connectivity index (χ0n) is 15.4. The van der Waals surface area contributed by atoms with E-state index in [-0.39, 0.29) is 0 Å². The molecule has 4 rings (SSSR count). The number of nitrogens with zero attached hydrogens (tertiary/aromatic N) is 5. The van der Waals surface area contributed by atoms with E-state index in [1.54, 1.807) is 17.0 Å². The highest BCUT2D eigenvalue weighted by atomic mass is 32.2. The van der Waals surface area contributed by atoms with E-state index in [2.05, 4.69) is 24.8 Å². The summed E-state index contributed by atoms with van der Waals surface area (Å²) in [5.41, 5.74) is 3.44. The Morgan fingerprint density at radius 2 is 1.85 bits per heavy atom. The monoisotopic (exact) mass is 376 g/mol. The van der Waals surface area contributed by atoms with Gasteiger partial charge in [-0.05, 0) is 26.7 Å². The molecule has 4 heterocycles. The first-order valence-electron chi connectivity index (χ1n) is 8.86. The van der Waals surface area contributed by atoms with Crippen molar-refractivity contribution in [2.24, 2.45) is 0 Å². The fourth-order valence-corrected chi connectivity index (χ4v) is 5.69. The van der Waals surface area contributed by atoms with Crippen LogP contribution in [0.2, 0.25) is 0 Å². The minimum Gasteiger partial charge on any atom is -0.356 e. The van der Waals surface area contributed by atoms with Crippen LogP contribution in [0.5, 0.6) is 0 Å². The predicted octanol–water partition coefficient (Wildman–Crippen LogP) is 1.13. The molecular weight excluding hydrogens is 352 g/mol. The molecule has 1 spiro atoms. The third kappa shape index (κ3) is 2.61. The van der Waals surface area contributed by atoms with Crippen molar-refractivity contribution in [3.05, 3.63) is 35.3 Å². The van der Waals surface area contributed by atoms with E-state index < -0.39 is 15.6 Å². The molecule has 2 aliphatic heterocycles. The van der Waals surface area contributed by atoms with Crippen molar-refractivity contribution < 1.29 is 8.42 Å². The summed E-state index contributed by atoms with van der Waals surface area (Å²) in [5.74, 6) is 0.941. The van der Waals surface area contributed by atoms with Crippen molar-refractivity contribution in [3.8, 4) is 0 Å². The number of sulfonamides is 1. The van der Waals surface area contributed by atoms with Gasteiger partial charge in [0.05, 0.1) is 23.8 Å². The molecule has 0 radical (unpaired) electrons. The van der Waals surface area contributed by atoms with Crippen LogP contribution in [0.25, 0.3) is 0 Å². The molecule has 0 saturated carbocycles. The number of nitrogens with one attached hydrogen (secondary N) is 1. The quantitative estimate of drug-likeness (QED) is 0.844. The van der Waals surface area contributed by atoms with Gasteiger partial charge in [0.25, 0.3) is 0 Å². The molecule has 2 aliphatic rings. The zero-order valence-corrected chi connectivity index (χ0v) is 16.2. The second kappa shape index (κ2) is 6.02. The average Bonchev–Trinajstić information content (AvgIpc) is 3.07. The normalized spacial score (nSPS) is 20.3. The molecule has 1 saturated heterocycles. The molecule has 1 fully saturated rings. The van der Waals surface area contributed by atoms with E-state index in [0.29, 0.717) is 25.8 Å². The molecule has 0 aromatic carbocycles. The molecule has 1 N–H and O–H groups in total. The van der Waals surface area contributed by atoms with Gasteiger partial charge in [-0.2, -0.15) is 4.31 Å². The lowest BCUT2D eigenvalue weighted by atomic mass is 9.80. The summed E-state index contributed by atoms with van der Waals surface area (Å²) < 4.78 is 26.7. The van der Waals surface area contributed by atoms with E-state index in [1.165, 1.54) is 6.26 Å². The number of fused-ring (bicyclic) bond motifs is 2. The topological polar surface area (TPSA) is 95.1 Å². The first-order chi connectivity index (χ1) is 12.3. The van der Waals surface area contributed by atoms with Gasteiger partial charge >= 0.3 is 0 Å². The van der Waals surface area contributed by atoms with Crippen LogP contribution < -0.4 is 4.90 Å². The highest BCUT2D eigenvalue weighted by Gasteiger charge is 2.50. The van der Waals surface area contributed by atoms with Gasteiger partial charge in [0.15, 0.2) is 0 Å². The Bertz CT molecular complexity index is 930. The summed E-state index contributed by atoms with van der Waals surface area (Å²) in [7, 11) is -3.32. The third-order valence-electron chi connectivity index (χ3n) is 5.80. The van der Waals surface area contributed by atoms with Crippen LogP contribution in [0.3, 0.4) is 0 Å². The largest absolute Gasteiger partial charge is 0.356 e. The van der Waals surface area contributed by atoms with E-state index in [4.69, 9.17) is 0 Å². The van der Waals surface area contributed by atoms with Crippen LogP contribution in [0.4, 0.5) is 5.82 Å². The molecule has 0 unspecified atom stereocenters. The second-order valence-electron chi connectivity index (χ2n) is 7.24. The Labute approximate surface area is 153 Å². The first-order valence-corrected chi connectivity index (χ1v) is 10.7. The Hall–Kier alpha value is -2.00. The van der Waals surface area contributed by atoms with Crippen LogP contribution in [-0.4, -0.2) is 58.5 Å². The average molecular weight is 376 g/mol. The van der Waals surface area contributed by atoms with Crippen molar-refractivity contribution in [1.82, 2.24) is 24.2 Å². The SMILES string of the molecule is Cc1ncnc(N2CCC3(CC2)c2nc[nH]c2CCN3S(C)(=O)=O)c1C. The molecule has 2 aromatic heterocycles. The van der Waals surface area contributed by atoms with E-state index in [1.807, 2.05) is 13.8 Å². The number of hydrogen-bond acceptors (Lipinski definition) is 6. The molecule has 0 atom stereocenters. The highest BCUT2D eigenvalue weighted by Crippen LogP contribution is 2.44. The van der Waals surface area contributed by atoms with Gasteiger partial charge in [0, 0.05) is 43.0 Å². The van der Waals surface area contributed by atoms with Crippen LogP contribution in [0.1, 0.15) is 35.5 Å². The van der Waals surface area contributed by atoms with Crippen LogP contribution >= 0.6 is 0 Å². The fraction of sp³-hybridized carbons (Fsp3) is 0.588. The number of aromatic amines is 1. The lowest BCUT2D eigenvalue weighted by Gasteiger charge is -2.49.